The molecular weight excluding hydrogens is 346 g/mol. The summed E-state index contributed by atoms with van der Waals surface area (Å²) in [6, 6.07) is 3.74. The first-order chi connectivity index (χ1) is 13.2. The molecule has 2 aromatic heterocycles. The van der Waals surface area contributed by atoms with E-state index in [-0.39, 0.29) is 11.9 Å². The molecule has 0 spiro atoms. The Kier molecular flexibility index (Phi) is 5.38. The fourth-order valence-corrected chi connectivity index (χ4v) is 3.62. The van der Waals surface area contributed by atoms with Crippen molar-refractivity contribution in [3.63, 3.8) is 0 Å². The molecule has 4 rings (SSSR count). The third-order valence-electron chi connectivity index (χ3n) is 5.13. The van der Waals surface area contributed by atoms with E-state index < -0.39 is 6.10 Å². The highest BCUT2D eigenvalue weighted by atomic mass is 16.5. The Morgan fingerprint density at radius 3 is 2.67 bits per heavy atom. The minimum Gasteiger partial charge on any atom is -0.389 e. The first-order valence-electron chi connectivity index (χ1n) is 9.24. The fraction of sp³-hybridized carbons (Fsp3) is 0.474. The van der Waals surface area contributed by atoms with Crippen LogP contribution in [0.15, 0.2) is 36.9 Å². The summed E-state index contributed by atoms with van der Waals surface area (Å²) >= 11 is 0. The van der Waals surface area contributed by atoms with Crippen molar-refractivity contribution in [3.8, 4) is 11.4 Å². The average molecular weight is 369 g/mol. The van der Waals surface area contributed by atoms with Crippen molar-refractivity contribution in [1.29, 1.82) is 0 Å². The maximum atomic E-state index is 12.8. The maximum absolute atomic E-state index is 12.8. The third-order valence-corrected chi connectivity index (χ3v) is 5.13. The summed E-state index contributed by atoms with van der Waals surface area (Å²) in [5.74, 6) is 0.495. The van der Waals surface area contributed by atoms with Gasteiger partial charge in [-0.3, -0.25) is 14.7 Å². The van der Waals surface area contributed by atoms with Gasteiger partial charge in [0.05, 0.1) is 30.9 Å². The van der Waals surface area contributed by atoms with Gasteiger partial charge in [-0.25, -0.2) is 9.97 Å². The molecule has 8 nitrogen and oxygen atoms in total. The zero-order valence-corrected chi connectivity index (χ0v) is 15.1. The SMILES string of the molecule is O=C(c1cnc(-c2cccnc2)nc1)N1CCCN([C@@H]2COC[C@H]2O)CC1. The van der Waals surface area contributed by atoms with E-state index in [2.05, 4.69) is 19.9 Å². The van der Waals surface area contributed by atoms with Gasteiger partial charge in [-0.05, 0) is 18.6 Å². The second-order valence-electron chi connectivity index (χ2n) is 6.89. The standard InChI is InChI=1S/C19H23N5O3/c25-17-13-27-12-16(17)23-5-2-6-24(8-7-23)19(26)15-10-21-18(22-11-15)14-3-1-4-20-9-14/h1,3-4,9-11,16-17,25H,2,5-8,12-13H2/t16-,17-/m1/s1. The number of hydrogen-bond acceptors (Lipinski definition) is 7. The molecule has 2 aromatic rings. The van der Waals surface area contributed by atoms with Gasteiger partial charge in [0.1, 0.15) is 0 Å². The molecule has 0 bridgehead atoms. The van der Waals surface area contributed by atoms with Crippen LogP contribution in [0.3, 0.4) is 0 Å². The number of aliphatic hydroxyl groups excluding tert-OH is 1. The lowest BCUT2D eigenvalue weighted by Gasteiger charge is -2.28. The van der Waals surface area contributed by atoms with E-state index in [1.165, 1.54) is 0 Å². The van der Waals surface area contributed by atoms with Crippen LogP contribution in [-0.2, 0) is 4.74 Å². The summed E-state index contributed by atoms with van der Waals surface area (Å²) in [4.78, 5) is 29.6. The van der Waals surface area contributed by atoms with E-state index in [1.807, 2.05) is 17.0 Å². The lowest BCUT2D eigenvalue weighted by Crippen LogP contribution is -2.45. The molecule has 0 saturated carbocycles. The summed E-state index contributed by atoms with van der Waals surface area (Å²) in [6.07, 6.45) is 6.97. The number of rotatable bonds is 3. The van der Waals surface area contributed by atoms with E-state index in [9.17, 15) is 9.90 Å². The van der Waals surface area contributed by atoms with Gasteiger partial charge in [0.25, 0.3) is 5.91 Å². The molecule has 2 aliphatic rings. The van der Waals surface area contributed by atoms with Crippen LogP contribution in [0.1, 0.15) is 16.8 Å². The molecule has 1 N–H and O–H groups in total. The Morgan fingerprint density at radius 1 is 1.11 bits per heavy atom. The number of ether oxygens (including phenoxy) is 1. The fourth-order valence-electron chi connectivity index (χ4n) is 3.62. The molecule has 2 atom stereocenters. The molecule has 2 aliphatic heterocycles. The second-order valence-corrected chi connectivity index (χ2v) is 6.89. The van der Waals surface area contributed by atoms with Gasteiger partial charge < -0.3 is 14.7 Å². The lowest BCUT2D eigenvalue weighted by molar-refractivity contribution is 0.0724. The summed E-state index contributed by atoms with van der Waals surface area (Å²) in [5.41, 5.74) is 1.31. The van der Waals surface area contributed by atoms with Gasteiger partial charge >= 0.3 is 0 Å². The molecule has 0 aliphatic carbocycles. The predicted molar refractivity (Wildman–Crippen MR) is 98.0 cm³/mol. The summed E-state index contributed by atoms with van der Waals surface area (Å²) in [6.45, 7) is 3.83. The Hall–Kier alpha value is -2.42. The predicted octanol–water partition coefficient (Wildman–Crippen LogP) is 0.446. The van der Waals surface area contributed by atoms with Crippen LogP contribution in [0, 0.1) is 0 Å². The summed E-state index contributed by atoms with van der Waals surface area (Å²) in [7, 11) is 0. The van der Waals surface area contributed by atoms with Crippen LogP contribution in [0.4, 0.5) is 0 Å². The number of aliphatic hydroxyl groups is 1. The molecule has 4 heterocycles. The van der Waals surface area contributed by atoms with Gasteiger partial charge in [-0.15, -0.1) is 0 Å². The zero-order chi connectivity index (χ0) is 18.6. The normalized spacial score (nSPS) is 24.0. The molecular formula is C19H23N5O3. The number of carbonyl (C=O) groups is 1. The Morgan fingerprint density at radius 2 is 1.96 bits per heavy atom. The van der Waals surface area contributed by atoms with Crippen molar-refractivity contribution in [2.45, 2.75) is 18.6 Å². The van der Waals surface area contributed by atoms with Gasteiger partial charge in [-0.2, -0.15) is 0 Å². The highest BCUT2D eigenvalue weighted by Crippen LogP contribution is 2.17. The van der Waals surface area contributed by atoms with E-state index in [0.29, 0.717) is 37.7 Å². The number of nitrogens with zero attached hydrogens (tertiary/aromatic N) is 5. The van der Waals surface area contributed by atoms with Gasteiger partial charge in [-0.1, -0.05) is 0 Å². The highest BCUT2D eigenvalue weighted by molar-refractivity contribution is 5.93. The number of carbonyl (C=O) groups excluding carboxylic acids is 1. The van der Waals surface area contributed by atoms with Crippen LogP contribution in [0.5, 0.6) is 0 Å². The first kappa shape index (κ1) is 18.0. The molecule has 2 fully saturated rings. The molecule has 0 radical (unpaired) electrons. The smallest absolute Gasteiger partial charge is 0.257 e. The highest BCUT2D eigenvalue weighted by Gasteiger charge is 2.33. The number of aromatic nitrogens is 3. The molecule has 2 saturated heterocycles. The van der Waals surface area contributed by atoms with Crippen molar-refractivity contribution in [1.82, 2.24) is 24.8 Å². The molecule has 1 amide bonds. The molecule has 142 valence electrons. The van der Waals surface area contributed by atoms with Crippen molar-refractivity contribution < 1.29 is 14.6 Å². The molecule has 27 heavy (non-hydrogen) atoms. The van der Waals surface area contributed by atoms with E-state index in [1.54, 1.807) is 24.8 Å². The Bertz CT molecular complexity index is 771. The van der Waals surface area contributed by atoms with Crippen LogP contribution in [-0.4, -0.2) is 87.3 Å². The van der Waals surface area contributed by atoms with Crippen LogP contribution in [0.2, 0.25) is 0 Å². The van der Waals surface area contributed by atoms with Crippen LogP contribution < -0.4 is 0 Å². The van der Waals surface area contributed by atoms with E-state index in [4.69, 9.17) is 4.74 Å². The van der Waals surface area contributed by atoms with Gasteiger partial charge in [0, 0.05) is 56.5 Å². The average Bonchev–Trinajstić information content (AvgIpc) is 3.00. The minimum absolute atomic E-state index is 0.0298. The van der Waals surface area contributed by atoms with Gasteiger partial charge in [0.15, 0.2) is 5.82 Å². The lowest BCUT2D eigenvalue weighted by atomic mass is 10.2. The largest absolute Gasteiger partial charge is 0.389 e. The van der Waals surface area contributed by atoms with Crippen LogP contribution in [0.25, 0.3) is 11.4 Å². The Labute approximate surface area is 157 Å². The second kappa shape index (κ2) is 8.08. The van der Waals surface area contributed by atoms with Crippen molar-refractivity contribution in [2.75, 3.05) is 39.4 Å². The quantitative estimate of drug-likeness (QED) is 0.840. The number of amides is 1. The molecule has 8 heteroatoms. The number of hydrogen-bond donors (Lipinski definition) is 1. The summed E-state index contributed by atoms with van der Waals surface area (Å²) in [5, 5.41) is 10.0. The maximum Gasteiger partial charge on any atom is 0.257 e. The minimum atomic E-state index is -0.444. The van der Waals surface area contributed by atoms with Crippen molar-refractivity contribution in [2.24, 2.45) is 0 Å². The third kappa shape index (κ3) is 3.97. The van der Waals surface area contributed by atoms with Crippen molar-refractivity contribution in [3.05, 3.63) is 42.5 Å². The van der Waals surface area contributed by atoms with Crippen molar-refractivity contribution >= 4 is 5.91 Å². The number of pyridine rings is 1. The summed E-state index contributed by atoms with van der Waals surface area (Å²) < 4.78 is 5.36. The molecule has 0 unspecified atom stereocenters. The van der Waals surface area contributed by atoms with E-state index >= 15 is 0 Å². The Balaban J connectivity index is 1.40. The first-order valence-corrected chi connectivity index (χ1v) is 9.24. The topological polar surface area (TPSA) is 91.7 Å². The zero-order valence-electron chi connectivity index (χ0n) is 15.1. The molecule has 0 aromatic carbocycles. The monoisotopic (exact) mass is 369 g/mol. The van der Waals surface area contributed by atoms with E-state index in [0.717, 1.165) is 25.1 Å². The van der Waals surface area contributed by atoms with Crippen LogP contribution >= 0.6 is 0 Å². The van der Waals surface area contributed by atoms with Gasteiger partial charge in [0.2, 0.25) is 0 Å².